The smallest absolute Gasteiger partial charge is 0.259 e. The van der Waals surface area contributed by atoms with Gasteiger partial charge in [-0.25, -0.2) is 4.67 Å². The summed E-state index contributed by atoms with van der Waals surface area (Å²) in [6, 6.07) is 0. The molecule has 72 valence electrons. The molecule has 0 aliphatic carbocycles. The van der Waals surface area contributed by atoms with E-state index in [9.17, 15) is 0 Å². The molecule has 0 amide bonds. The zero-order valence-electron chi connectivity index (χ0n) is 8.12. The van der Waals surface area contributed by atoms with Crippen LogP contribution in [0.1, 0.15) is 27.2 Å². The van der Waals surface area contributed by atoms with Gasteiger partial charge < -0.3 is 9.05 Å². The molecule has 2 unspecified atom stereocenters. The molecular formula is C8H18NO2P. The van der Waals surface area contributed by atoms with Gasteiger partial charge in [-0.3, -0.25) is 0 Å². The highest BCUT2D eigenvalue weighted by Crippen LogP contribution is 2.48. The van der Waals surface area contributed by atoms with E-state index in [1.54, 1.807) is 0 Å². The molecule has 3 nitrogen and oxygen atoms in total. The Morgan fingerprint density at radius 1 is 1.33 bits per heavy atom. The van der Waals surface area contributed by atoms with Gasteiger partial charge in [-0.15, -0.1) is 0 Å². The standard InChI is InChI=1S/C8H18NO2P/c1-4-8-7-10-12(11-8)9(5-2)6-3/h8H,4-7H2,1-3H3. The molecule has 1 aliphatic heterocycles. The second-order valence-electron chi connectivity index (χ2n) is 2.81. The van der Waals surface area contributed by atoms with Crippen LogP contribution in [0.2, 0.25) is 0 Å². The summed E-state index contributed by atoms with van der Waals surface area (Å²) in [6.07, 6.45) is 1.39. The van der Waals surface area contributed by atoms with Crippen molar-refractivity contribution in [2.24, 2.45) is 0 Å². The average Bonchev–Trinajstić information content (AvgIpc) is 2.55. The molecular weight excluding hydrogens is 173 g/mol. The van der Waals surface area contributed by atoms with Gasteiger partial charge in [0.05, 0.1) is 12.7 Å². The van der Waals surface area contributed by atoms with E-state index in [1.165, 1.54) is 0 Å². The van der Waals surface area contributed by atoms with Crippen LogP contribution in [-0.2, 0) is 9.05 Å². The van der Waals surface area contributed by atoms with E-state index in [0.29, 0.717) is 6.10 Å². The molecule has 2 atom stereocenters. The molecule has 0 spiro atoms. The monoisotopic (exact) mass is 191 g/mol. The molecule has 0 aromatic heterocycles. The van der Waals surface area contributed by atoms with Gasteiger partial charge in [0, 0.05) is 13.1 Å². The topological polar surface area (TPSA) is 21.7 Å². The van der Waals surface area contributed by atoms with E-state index < -0.39 is 8.53 Å². The first-order valence-electron chi connectivity index (χ1n) is 4.66. The summed E-state index contributed by atoms with van der Waals surface area (Å²) >= 11 is 0. The van der Waals surface area contributed by atoms with Crippen molar-refractivity contribution in [3.8, 4) is 0 Å². The van der Waals surface area contributed by atoms with Crippen molar-refractivity contribution in [3.05, 3.63) is 0 Å². The molecule has 0 radical (unpaired) electrons. The summed E-state index contributed by atoms with van der Waals surface area (Å²) in [5.74, 6) is 0. The average molecular weight is 191 g/mol. The predicted octanol–water partition coefficient (Wildman–Crippen LogP) is 2.38. The van der Waals surface area contributed by atoms with Crippen molar-refractivity contribution < 1.29 is 9.05 Å². The van der Waals surface area contributed by atoms with Crippen LogP contribution in [0.25, 0.3) is 0 Å². The van der Waals surface area contributed by atoms with Gasteiger partial charge in [-0.1, -0.05) is 20.8 Å². The lowest BCUT2D eigenvalue weighted by molar-refractivity contribution is 0.230. The third-order valence-corrected chi connectivity index (χ3v) is 3.90. The molecule has 0 saturated carbocycles. The van der Waals surface area contributed by atoms with Crippen LogP contribution in [0.4, 0.5) is 0 Å². The molecule has 4 heteroatoms. The molecule has 1 saturated heterocycles. The molecule has 0 N–H and O–H groups in total. The second-order valence-corrected chi connectivity index (χ2v) is 4.32. The SMILES string of the molecule is CCC1COP(N(CC)CC)O1. The van der Waals surface area contributed by atoms with Crippen molar-refractivity contribution in [3.63, 3.8) is 0 Å². The van der Waals surface area contributed by atoms with Crippen molar-refractivity contribution in [1.29, 1.82) is 0 Å². The largest absolute Gasteiger partial charge is 0.319 e. The minimum absolute atomic E-state index is 0.330. The minimum Gasteiger partial charge on any atom is -0.319 e. The molecule has 1 fully saturated rings. The van der Waals surface area contributed by atoms with Crippen LogP contribution in [0.5, 0.6) is 0 Å². The summed E-state index contributed by atoms with van der Waals surface area (Å²) in [5.41, 5.74) is 0. The fraction of sp³-hybridized carbons (Fsp3) is 1.00. The van der Waals surface area contributed by atoms with E-state index >= 15 is 0 Å². The first-order valence-corrected chi connectivity index (χ1v) is 5.79. The summed E-state index contributed by atoms with van der Waals surface area (Å²) in [5, 5.41) is 0. The van der Waals surface area contributed by atoms with Crippen LogP contribution in [-0.4, -0.2) is 30.5 Å². The van der Waals surface area contributed by atoms with Gasteiger partial charge in [-0.2, -0.15) is 0 Å². The molecule has 1 heterocycles. The quantitative estimate of drug-likeness (QED) is 0.637. The Balaban J connectivity index is 2.34. The molecule has 0 aromatic carbocycles. The zero-order chi connectivity index (χ0) is 8.97. The van der Waals surface area contributed by atoms with Crippen molar-refractivity contribution >= 4 is 8.53 Å². The van der Waals surface area contributed by atoms with Gasteiger partial charge in [0.25, 0.3) is 8.53 Å². The fourth-order valence-corrected chi connectivity index (χ4v) is 2.71. The maximum Gasteiger partial charge on any atom is 0.259 e. The summed E-state index contributed by atoms with van der Waals surface area (Å²) in [6.45, 7) is 9.21. The van der Waals surface area contributed by atoms with E-state index in [4.69, 9.17) is 9.05 Å². The van der Waals surface area contributed by atoms with Gasteiger partial charge in [0.2, 0.25) is 0 Å². The summed E-state index contributed by atoms with van der Waals surface area (Å²) < 4.78 is 13.5. The fourth-order valence-electron chi connectivity index (χ4n) is 1.13. The Hall–Kier alpha value is 0.310. The van der Waals surface area contributed by atoms with Crippen LogP contribution in [0.3, 0.4) is 0 Å². The Labute approximate surface area is 76.0 Å². The van der Waals surface area contributed by atoms with Gasteiger partial charge in [0.15, 0.2) is 0 Å². The van der Waals surface area contributed by atoms with E-state index in [-0.39, 0.29) is 0 Å². The number of rotatable bonds is 4. The lowest BCUT2D eigenvalue weighted by Gasteiger charge is -2.22. The van der Waals surface area contributed by atoms with Crippen molar-refractivity contribution in [1.82, 2.24) is 4.67 Å². The molecule has 0 aromatic rings. The highest BCUT2D eigenvalue weighted by atomic mass is 31.2. The molecule has 0 bridgehead atoms. The Kier molecular flexibility index (Phi) is 4.44. The highest BCUT2D eigenvalue weighted by molar-refractivity contribution is 7.44. The van der Waals surface area contributed by atoms with Gasteiger partial charge >= 0.3 is 0 Å². The van der Waals surface area contributed by atoms with Crippen molar-refractivity contribution in [2.75, 3.05) is 19.7 Å². The Morgan fingerprint density at radius 2 is 2.00 bits per heavy atom. The minimum atomic E-state index is -0.721. The summed E-state index contributed by atoms with van der Waals surface area (Å²) in [4.78, 5) is 0. The van der Waals surface area contributed by atoms with Gasteiger partial charge in [0.1, 0.15) is 0 Å². The molecule has 1 rings (SSSR count). The summed E-state index contributed by atoms with van der Waals surface area (Å²) in [7, 11) is -0.721. The van der Waals surface area contributed by atoms with Gasteiger partial charge in [-0.05, 0) is 6.42 Å². The lowest BCUT2D eigenvalue weighted by Crippen LogP contribution is -2.17. The van der Waals surface area contributed by atoms with Crippen LogP contribution in [0, 0.1) is 0 Å². The molecule has 1 aliphatic rings. The maximum absolute atomic E-state index is 5.72. The van der Waals surface area contributed by atoms with E-state index in [0.717, 1.165) is 26.1 Å². The zero-order valence-corrected chi connectivity index (χ0v) is 9.01. The van der Waals surface area contributed by atoms with Crippen LogP contribution < -0.4 is 0 Å². The third-order valence-electron chi connectivity index (χ3n) is 2.03. The third kappa shape index (κ3) is 2.40. The number of nitrogens with zero attached hydrogens (tertiary/aromatic N) is 1. The predicted molar refractivity (Wildman–Crippen MR) is 51.0 cm³/mol. The van der Waals surface area contributed by atoms with Crippen LogP contribution >= 0.6 is 8.53 Å². The normalized spacial score (nSPS) is 30.0. The maximum atomic E-state index is 5.72. The molecule has 12 heavy (non-hydrogen) atoms. The first kappa shape index (κ1) is 10.4. The number of hydrogen-bond donors (Lipinski definition) is 0. The second kappa shape index (κ2) is 5.13. The Bertz CT molecular complexity index is 130. The first-order chi connectivity index (χ1) is 5.81. The van der Waals surface area contributed by atoms with E-state index in [1.807, 2.05) is 0 Å². The highest BCUT2D eigenvalue weighted by Gasteiger charge is 2.29. The van der Waals surface area contributed by atoms with Crippen LogP contribution in [0.15, 0.2) is 0 Å². The van der Waals surface area contributed by atoms with Crippen molar-refractivity contribution in [2.45, 2.75) is 33.3 Å². The van der Waals surface area contributed by atoms with E-state index in [2.05, 4.69) is 25.4 Å². The number of hydrogen-bond acceptors (Lipinski definition) is 3. The lowest BCUT2D eigenvalue weighted by atomic mass is 10.3. The Morgan fingerprint density at radius 3 is 2.42 bits per heavy atom.